The first-order valence-corrected chi connectivity index (χ1v) is 8.68. The van der Waals surface area contributed by atoms with E-state index in [2.05, 4.69) is 15.2 Å². The van der Waals surface area contributed by atoms with Crippen LogP contribution in [0.1, 0.15) is 29.8 Å². The first-order valence-electron chi connectivity index (χ1n) is 8.68. The van der Waals surface area contributed by atoms with Crippen LogP contribution in [-0.2, 0) is 4.74 Å². The Kier molecular flexibility index (Phi) is 8.01. The standard InChI is InChI=1S/C17H26N4O3.HI/c1-18-17(19-7-6-14-4-2-12-23-14)21-10-8-20(9-11-21)16(22)15-5-3-13-24-15;/h3,5,13-14H,2,4,6-12H2,1H3,(H,18,19);1H. The molecule has 2 fully saturated rings. The normalized spacial score (nSPS) is 21.2. The molecule has 2 aliphatic heterocycles. The summed E-state index contributed by atoms with van der Waals surface area (Å²) >= 11 is 0. The molecule has 0 saturated carbocycles. The molecule has 3 rings (SSSR count). The molecule has 1 aromatic rings. The highest BCUT2D eigenvalue weighted by molar-refractivity contribution is 14.0. The van der Waals surface area contributed by atoms with Gasteiger partial charge in [-0.1, -0.05) is 0 Å². The van der Waals surface area contributed by atoms with Crippen molar-refractivity contribution in [3.8, 4) is 0 Å². The van der Waals surface area contributed by atoms with Gasteiger partial charge in [-0.25, -0.2) is 0 Å². The highest BCUT2D eigenvalue weighted by Gasteiger charge is 2.25. The Balaban J connectivity index is 0.00000225. The molecule has 1 amide bonds. The molecule has 0 spiro atoms. The van der Waals surface area contributed by atoms with Crippen molar-refractivity contribution >= 4 is 35.8 Å². The van der Waals surface area contributed by atoms with Gasteiger partial charge in [0.2, 0.25) is 0 Å². The van der Waals surface area contributed by atoms with Crippen LogP contribution in [0.2, 0.25) is 0 Å². The lowest BCUT2D eigenvalue weighted by Crippen LogP contribution is -2.54. The number of aliphatic imine (C=N–C) groups is 1. The van der Waals surface area contributed by atoms with Gasteiger partial charge in [0, 0.05) is 46.4 Å². The first kappa shape index (κ1) is 20.0. The molecule has 1 unspecified atom stereocenters. The third-order valence-corrected chi connectivity index (χ3v) is 4.58. The molecule has 2 aliphatic rings. The van der Waals surface area contributed by atoms with Crippen molar-refractivity contribution < 1.29 is 13.9 Å². The third-order valence-electron chi connectivity index (χ3n) is 4.58. The Morgan fingerprint density at radius 1 is 1.32 bits per heavy atom. The molecule has 8 heteroatoms. The van der Waals surface area contributed by atoms with Gasteiger partial charge in [0.1, 0.15) is 0 Å². The highest BCUT2D eigenvalue weighted by atomic mass is 127. The van der Waals surface area contributed by atoms with E-state index < -0.39 is 0 Å². The van der Waals surface area contributed by atoms with Gasteiger partial charge < -0.3 is 24.3 Å². The quantitative estimate of drug-likeness (QED) is 0.420. The zero-order chi connectivity index (χ0) is 16.8. The Labute approximate surface area is 165 Å². The molecule has 0 aliphatic carbocycles. The van der Waals surface area contributed by atoms with Gasteiger partial charge in [-0.15, -0.1) is 24.0 Å². The van der Waals surface area contributed by atoms with Crippen LogP contribution in [-0.4, -0.2) is 74.1 Å². The van der Waals surface area contributed by atoms with Crippen molar-refractivity contribution in [2.24, 2.45) is 4.99 Å². The Hall–Kier alpha value is -1.29. The lowest BCUT2D eigenvalue weighted by Gasteiger charge is -2.36. The maximum atomic E-state index is 12.3. The summed E-state index contributed by atoms with van der Waals surface area (Å²) in [4.78, 5) is 20.7. The first-order chi connectivity index (χ1) is 11.8. The lowest BCUT2D eigenvalue weighted by atomic mass is 10.2. The van der Waals surface area contributed by atoms with E-state index in [0.29, 0.717) is 25.0 Å². The largest absolute Gasteiger partial charge is 0.459 e. The second-order valence-corrected chi connectivity index (χ2v) is 6.15. The van der Waals surface area contributed by atoms with Gasteiger partial charge >= 0.3 is 0 Å². The van der Waals surface area contributed by atoms with Gasteiger partial charge in [0.25, 0.3) is 5.91 Å². The maximum absolute atomic E-state index is 12.3. The molecule has 25 heavy (non-hydrogen) atoms. The summed E-state index contributed by atoms with van der Waals surface area (Å²) in [6.07, 6.45) is 5.26. The second-order valence-electron chi connectivity index (χ2n) is 6.15. The lowest BCUT2D eigenvalue weighted by molar-refractivity contribution is 0.0657. The number of rotatable bonds is 4. The fourth-order valence-electron chi connectivity index (χ4n) is 3.23. The molecule has 1 aromatic heterocycles. The molecular formula is C17H27IN4O3. The van der Waals surface area contributed by atoms with Crippen molar-refractivity contribution in [1.82, 2.24) is 15.1 Å². The molecule has 0 aromatic carbocycles. The molecule has 3 heterocycles. The fraction of sp³-hybridized carbons (Fsp3) is 0.647. The van der Waals surface area contributed by atoms with E-state index in [4.69, 9.17) is 9.15 Å². The monoisotopic (exact) mass is 462 g/mol. The summed E-state index contributed by atoms with van der Waals surface area (Å²) in [6.45, 7) is 4.64. The van der Waals surface area contributed by atoms with E-state index in [1.54, 1.807) is 19.2 Å². The van der Waals surface area contributed by atoms with Crippen molar-refractivity contribution in [2.45, 2.75) is 25.4 Å². The van der Waals surface area contributed by atoms with E-state index in [-0.39, 0.29) is 29.9 Å². The molecule has 0 radical (unpaired) electrons. The second kappa shape index (κ2) is 10.0. The summed E-state index contributed by atoms with van der Waals surface area (Å²) in [5, 5.41) is 3.41. The Morgan fingerprint density at radius 2 is 2.08 bits per heavy atom. The number of nitrogens with one attached hydrogen (secondary N) is 1. The third kappa shape index (κ3) is 5.34. The van der Waals surface area contributed by atoms with Crippen molar-refractivity contribution in [3.05, 3.63) is 24.2 Å². The van der Waals surface area contributed by atoms with E-state index in [9.17, 15) is 4.79 Å². The molecule has 0 bridgehead atoms. The van der Waals surface area contributed by atoms with Crippen molar-refractivity contribution in [3.63, 3.8) is 0 Å². The zero-order valence-corrected chi connectivity index (χ0v) is 17.0. The maximum Gasteiger partial charge on any atom is 0.289 e. The van der Waals surface area contributed by atoms with Crippen LogP contribution in [0.3, 0.4) is 0 Å². The fourth-order valence-corrected chi connectivity index (χ4v) is 3.23. The smallest absolute Gasteiger partial charge is 0.289 e. The summed E-state index contributed by atoms with van der Waals surface area (Å²) < 4.78 is 10.8. The van der Waals surface area contributed by atoms with Crippen LogP contribution >= 0.6 is 24.0 Å². The SMILES string of the molecule is CN=C(NCCC1CCCO1)N1CCN(C(=O)c2ccco2)CC1.I. The zero-order valence-electron chi connectivity index (χ0n) is 14.6. The Bertz CT molecular complexity index is 550. The van der Waals surface area contributed by atoms with Crippen LogP contribution in [0.4, 0.5) is 0 Å². The number of furan rings is 1. The predicted molar refractivity (Wildman–Crippen MR) is 107 cm³/mol. The molecule has 2 saturated heterocycles. The summed E-state index contributed by atoms with van der Waals surface area (Å²) in [5.41, 5.74) is 0. The molecule has 140 valence electrons. The average Bonchev–Trinajstić information content (AvgIpc) is 3.32. The minimum Gasteiger partial charge on any atom is -0.459 e. The minimum absolute atomic E-state index is 0. The van der Waals surface area contributed by atoms with Gasteiger partial charge in [0.05, 0.1) is 12.4 Å². The summed E-state index contributed by atoms with van der Waals surface area (Å²) in [6, 6.07) is 3.45. The average molecular weight is 462 g/mol. The number of nitrogens with zero attached hydrogens (tertiary/aromatic N) is 3. The number of piperazine rings is 1. The topological polar surface area (TPSA) is 70.3 Å². The van der Waals surface area contributed by atoms with Crippen molar-refractivity contribution in [1.29, 1.82) is 0 Å². The van der Waals surface area contributed by atoms with E-state index in [1.807, 2.05) is 4.90 Å². The highest BCUT2D eigenvalue weighted by Crippen LogP contribution is 2.14. The predicted octanol–water partition coefficient (Wildman–Crippen LogP) is 1.80. The van der Waals surface area contributed by atoms with E-state index in [1.165, 1.54) is 12.7 Å². The van der Waals surface area contributed by atoms with Crippen LogP contribution in [0.5, 0.6) is 0 Å². The molecule has 1 atom stereocenters. The molecule has 7 nitrogen and oxygen atoms in total. The molecule has 1 N–H and O–H groups in total. The number of halogens is 1. The van der Waals surface area contributed by atoms with Crippen LogP contribution in [0.25, 0.3) is 0 Å². The van der Waals surface area contributed by atoms with E-state index in [0.717, 1.165) is 45.0 Å². The van der Waals surface area contributed by atoms with Gasteiger partial charge in [-0.2, -0.15) is 0 Å². The number of hydrogen-bond donors (Lipinski definition) is 1. The van der Waals surface area contributed by atoms with E-state index >= 15 is 0 Å². The number of ether oxygens (including phenoxy) is 1. The van der Waals surface area contributed by atoms with Crippen LogP contribution < -0.4 is 5.32 Å². The van der Waals surface area contributed by atoms with Crippen LogP contribution in [0, 0.1) is 0 Å². The molecular weight excluding hydrogens is 435 g/mol. The van der Waals surface area contributed by atoms with Gasteiger partial charge in [0.15, 0.2) is 11.7 Å². The van der Waals surface area contributed by atoms with Crippen LogP contribution in [0.15, 0.2) is 27.8 Å². The minimum atomic E-state index is -0.0408. The summed E-state index contributed by atoms with van der Waals surface area (Å²) in [5.74, 6) is 1.27. The van der Waals surface area contributed by atoms with Crippen molar-refractivity contribution in [2.75, 3.05) is 46.4 Å². The number of guanidine groups is 1. The van der Waals surface area contributed by atoms with Gasteiger partial charge in [-0.05, 0) is 31.4 Å². The summed E-state index contributed by atoms with van der Waals surface area (Å²) in [7, 11) is 1.80. The van der Waals surface area contributed by atoms with Gasteiger partial charge in [-0.3, -0.25) is 9.79 Å². The number of carbonyl (C=O) groups excluding carboxylic acids is 1. The number of carbonyl (C=O) groups is 1. The Morgan fingerprint density at radius 3 is 2.68 bits per heavy atom. The number of hydrogen-bond acceptors (Lipinski definition) is 4. The number of amides is 1.